The Balaban J connectivity index is 1.75. The molecule has 2 aromatic rings. The molecule has 3 nitrogen and oxygen atoms in total. The van der Waals surface area contributed by atoms with E-state index in [1.54, 1.807) is 0 Å². The average molecular weight is 622 g/mol. The van der Waals surface area contributed by atoms with Gasteiger partial charge in [-0.2, -0.15) is 26.3 Å². The molecule has 38 heavy (non-hydrogen) atoms. The maximum Gasteiger partial charge on any atom is 0.416 e. The van der Waals surface area contributed by atoms with Gasteiger partial charge in [0, 0.05) is 48.1 Å². The first-order valence-electron chi connectivity index (χ1n) is 11.6. The number of carbonyl (C=O) groups excluding carboxylic acids is 1. The molecule has 13 heteroatoms. The standard InChI is InChI=1S/C25H22Cl4F6N2O/c26-9-13-11-36(17-5-1-3-15(7-17)24(30,31)32)21(19(13)28)23(38)22-20(29)14(10-27)12-37(22)18-6-2-4-16(8-18)25(33,34)35/h1-8,13-14,19-22H,9-12H2. The highest BCUT2D eigenvalue weighted by atomic mass is 35.5. The Labute approximate surface area is 235 Å². The number of hydrogen-bond donors (Lipinski definition) is 0. The van der Waals surface area contributed by atoms with E-state index in [0.717, 1.165) is 24.3 Å². The third-order valence-corrected chi connectivity index (χ3v) is 9.01. The molecule has 208 valence electrons. The number of halogens is 10. The summed E-state index contributed by atoms with van der Waals surface area (Å²) in [6.45, 7) is 0.217. The van der Waals surface area contributed by atoms with Crippen molar-refractivity contribution in [2.45, 2.75) is 35.2 Å². The number of carbonyl (C=O) groups is 1. The van der Waals surface area contributed by atoms with Gasteiger partial charge in [-0.15, -0.1) is 46.4 Å². The number of rotatable bonds is 6. The van der Waals surface area contributed by atoms with Crippen molar-refractivity contribution in [3.63, 3.8) is 0 Å². The van der Waals surface area contributed by atoms with Crippen LogP contribution in [0.1, 0.15) is 11.1 Å². The molecule has 0 saturated carbocycles. The van der Waals surface area contributed by atoms with Crippen LogP contribution in [0.3, 0.4) is 0 Å². The molecule has 0 aromatic heterocycles. The summed E-state index contributed by atoms with van der Waals surface area (Å²) in [5, 5.41) is -1.76. The van der Waals surface area contributed by atoms with E-state index in [0.29, 0.717) is 0 Å². The van der Waals surface area contributed by atoms with E-state index in [1.807, 2.05) is 0 Å². The number of ketones is 1. The van der Waals surface area contributed by atoms with Gasteiger partial charge in [-0.1, -0.05) is 12.1 Å². The topological polar surface area (TPSA) is 23.6 Å². The van der Waals surface area contributed by atoms with Crippen molar-refractivity contribution in [1.82, 2.24) is 0 Å². The number of Topliss-reactive ketones (excluding diaryl/α,β-unsaturated/α-hetero) is 1. The van der Waals surface area contributed by atoms with Gasteiger partial charge >= 0.3 is 12.4 Å². The molecule has 0 N–H and O–H groups in total. The van der Waals surface area contributed by atoms with Gasteiger partial charge in [-0.3, -0.25) is 4.79 Å². The number of nitrogens with zero attached hydrogens (tertiary/aromatic N) is 2. The Morgan fingerprint density at radius 1 is 0.737 bits per heavy atom. The summed E-state index contributed by atoms with van der Waals surface area (Å²) in [6.07, 6.45) is -9.22. The molecule has 2 fully saturated rings. The first-order chi connectivity index (χ1) is 17.8. The van der Waals surface area contributed by atoms with Crippen LogP contribution in [-0.2, 0) is 17.1 Å². The molecule has 6 atom stereocenters. The lowest BCUT2D eigenvalue weighted by molar-refractivity contribution is -0.138. The Kier molecular flexibility index (Phi) is 8.63. The molecule has 0 radical (unpaired) electrons. The SMILES string of the molecule is O=C(C1C(Cl)C(CCl)CN1c1cccc(C(F)(F)F)c1)C1C(Cl)C(CCl)CN1c1cccc(C(F)(F)F)c1. The Morgan fingerprint density at radius 3 is 1.42 bits per heavy atom. The van der Waals surface area contributed by atoms with E-state index in [2.05, 4.69) is 0 Å². The number of alkyl halides is 10. The van der Waals surface area contributed by atoms with Crippen molar-refractivity contribution >= 4 is 63.6 Å². The molecule has 0 bridgehead atoms. The van der Waals surface area contributed by atoms with Crippen molar-refractivity contribution in [3.8, 4) is 0 Å². The van der Waals surface area contributed by atoms with Gasteiger partial charge in [0.05, 0.1) is 21.9 Å². The molecule has 0 spiro atoms. The summed E-state index contributed by atoms with van der Waals surface area (Å²) in [4.78, 5) is 17.1. The lowest BCUT2D eigenvalue weighted by atomic mass is 9.95. The molecule has 4 rings (SSSR count). The molecular formula is C25H22Cl4F6N2O. The lowest BCUT2D eigenvalue weighted by Crippen LogP contribution is -2.52. The largest absolute Gasteiger partial charge is 0.416 e. The van der Waals surface area contributed by atoms with E-state index >= 15 is 0 Å². The highest BCUT2D eigenvalue weighted by Gasteiger charge is 2.53. The van der Waals surface area contributed by atoms with E-state index in [9.17, 15) is 31.1 Å². The van der Waals surface area contributed by atoms with E-state index in [1.165, 1.54) is 34.1 Å². The van der Waals surface area contributed by atoms with E-state index in [-0.39, 0.29) is 36.2 Å². The molecule has 2 saturated heterocycles. The molecular weight excluding hydrogens is 600 g/mol. The summed E-state index contributed by atoms with van der Waals surface area (Å²) < 4.78 is 80.5. The first-order valence-corrected chi connectivity index (χ1v) is 13.5. The van der Waals surface area contributed by atoms with E-state index in [4.69, 9.17) is 46.4 Å². The Hall–Kier alpha value is -1.55. The maximum atomic E-state index is 14.1. The molecule has 0 aliphatic carbocycles. The minimum atomic E-state index is -4.61. The molecule has 0 amide bonds. The second-order valence-corrected chi connectivity index (χ2v) is 11.0. The Morgan fingerprint density at radius 2 is 1.11 bits per heavy atom. The fraction of sp³-hybridized carbons (Fsp3) is 0.480. The maximum absolute atomic E-state index is 14.1. The molecule has 2 aromatic carbocycles. The van der Waals surface area contributed by atoms with Crippen molar-refractivity contribution in [2.75, 3.05) is 34.6 Å². The molecule has 6 unspecified atom stereocenters. The minimum absolute atomic E-state index is 0.0457. The van der Waals surface area contributed by atoms with Gasteiger partial charge in [-0.05, 0) is 36.4 Å². The van der Waals surface area contributed by atoms with Crippen LogP contribution in [0.2, 0.25) is 0 Å². The molecule has 2 heterocycles. The number of benzene rings is 2. The highest BCUT2D eigenvalue weighted by molar-refractivity contribution is 6.28. The van der Waals surface area contributed by atoms with Gasteiger partial charge in [0.25, 0.3) is 0 Å². The summed E-state index contributed by atoms with van der Waals surface area (Å²) in [5.74, 6) is -1.32. The monoisotopic (exact) mass is 620 g/mol. The summed E-state index contributed by atoms with van der Waals surface area (Å²) in [6, 6.07) is 6.78. The fourth-order valence-corrected chi connectivity index (χ4v) is 6.73. The van der Waals surface area contributed by atoms with Crippen LogP contribution in [0.15, 0.2) is 48.5 Å². The van der Waals surface area contributed by atoms with Crippen LogP contribution in [0.25, 0.3) is 0 Å². The van der Waals surface area contributed by atoms with Crippen LogP contribution in [0, 0.1) is 11.8 Å². The summed E-state index contributed by atoms with van der Waals surface area (Å²) >= 11 is 25.5. The second kappa shape index (κ2) is 11.1. The molecule has 2 aliphatic heterocycles. The van der Waals surface area contributed by atoms with Gasteiger partial charge < -0.3 is 9.80 Å². The summed E-state index contributed by atoms with van der Waals surface area (Å²) in [5.41, 5.74) is -1.55. The number of anilines is 2. The number of hydrogen-bond acceptors (Lipinski definition) is 3. The van der Waals surface area contributed by atoms with Crippen molar-refractivity contribution < 1.29 is 31.1 Å². The van der Waals surface area contributed by atoms with E-state index < -0.39 is 63.9 Å². The third-order valence-electron chi connectivity index (χ3n) is 7.03. The first kappa shape index (κ1) is 29.4. The zero-order valence-corrected chi connectivity index (χ0v) is 22.5. The normalized spacial score (nSPS) is 28.3. The van der Waals surface area contributed by atoms with Crippen LogP contribution in [0.5, 0.6) is 0 Å². The van der Waals surface area contributed by atoms with Gasteiger partial charge in [0.15, 0.2) is 5.78 Å². The van der Waals surface area contributed by atoms with Gasteiger partial charge in [0.1, 0.15) is 12.1 Å². The zero-order chi connectivity index (χ0) is 28.0. The van der Waals surface area contributed by atoms with Crippen LogP contribution < -0.4 is 9.80 Å². The van der Waals surface area contributed by atoms with Gasteiger partial charge in [-0.25, -0.2) is 0 Å². The summed E-state index contributed by atoms with van der Waals surface area (Å²) in [7, 11) is 0. The van der Waals surface area contributed by atoms with Crippen LogP contribution in [0.4, 0.5) is 37.7 Å². The quantitative estimate of drug-likeness (QED) is 0.250. The highest BCUT2D eigenvalue weighted by Crippen LogP contribution is 2.42. The van der Waals surface area contributed by atoms with Crippen molar-refractivity contribution in [1.29, 1.82) is 0 Å². The van der Waals surface area contributed by atoms with Crippen molar-refractivity contribution in [3.05, 3.63) is 59.7 Å². The Bertz CT molecular complexity index is 1080. The predicted octanol–water partition coefficient (Wildman–Crippen LogP) is 7.30. The van der Waals surface area contributed by atoms with Crippen LogP contribution >= 0.6 is 46.4 Å². The third kappa shape index (κ3) is 5.67. The average Bonchev–Trinajstić information content (AvgIpc) is 3.39. The smallest absolute Gasteiger partial charge is 0.359 e. The lowest BCUT2D eigenvalue weighted by Gasteiger charge is -2.34. The second-order valence-electron chi connectivity index (χ2n) is 9.41. The van der Waals surface area contributed by atoms with Crippen molar-refractivity contribution in [2.24, 2.45) is 11.8 Å². The predicted molar refractivity (Wildman–Crippen MR) is 138 cm³/mol. The molecule has 2 aliphatic rings. The van der Waals surface area contributed by atoms with Crippen LogP contribution in [-0.4, -0.2) is 53.5 Å². The van der Waals surface area contributed by atoms with Gasteiger partial charge in [0.2, 0.25) is 0 Å². The fourth-order valence-electron chi connectivity index (χ4n) is 5.11. The zero-order valence-electron chi connectivity index (χ0n) is 19.5. The minimum Gasteiger partial charge on any atom is -0.359 e.